The van der Waals surface area contributed by atoms with Crippen molar-refractivity contribution in [2.24, 2.45) is 0 Å². The number of hydrogen-bond donors (Lipinski definition) is 2. The van der Waals surface area contributed by atoms with Gasteiger partial charge in [-0.25, -0.2) is 4.79 Å². The number of nitrogens with one attached hydrogen (secondary N) is 1. The highest BCUT2D eigenvalue weighted by Crippen LogP contribution is 2.32. The predicted octanol–water partition coefficient (Wildman–Crippen LogP) is 4.09. The van der Waals surface area contributed by atoms with Gasteiger partial charge in [-0.1, -0.05) is 60.7 Å². The molecule has 0 aliphatic heterocycles. The Morgan fingerprint density at radius 3 is 2.15 bits per heavy atom. The molecule has 0 atom stereocenters. The van der Waals surface area contributed by atoms with E-state index in [1.807, 2.05) is 36.4 Å². The van der Waals surface area contributed by atoms with Gasteiger partial charge in [-0.2, -0.15) is 0 Å². The number of carbonyl (C=O) groups excluding carboxylic acids is 2. The quantitative estimate of drug-likeness (QED) is 0.523. The summed E-state index contributed by atoms with van der Waals surface area (Å²) in [5.41, 5.74) is 8.48. The maximum absolute atomic E-state index is 12.9. The minimum atomic E-state index is -0.601. The van der Waals surface area contributed by atoms with Crippen LogP contribution >= 0.6 is 12.4 Å². The second-order valence-corrected chi connectivity index (χ2v) is 5.45. The van der Waals surface area contributed by atoms with Gasteiger partial charge in [0, 0.05) is 11.1 Å². The van der Waals surface area contributed by atoms with Crippen LogP contribution in [-0.4, -0.2) is 23.3 Å². The molecule has 0 amide bonds. The van der Waals surface area contributed by atoms with E-state index >= 15 is 0 Å². The number of nitrogen functional groups attached to an aromatic ring is 1. The smallest absolute Gasteiger partial charge is 0.355 e. The Morgan fingerprint density at radius 2 is 1.58 bits per heavy atom. The number of halogens is 1. The second kappa shape index (κ2) is 8.36. The van der Waals surface area contributed by atoms with Crippen molar-refractivity contribution in [3.63, 3.8) is 0 Å². The number of anilines is 1. The first-order chi connectivity index (χ1) is 12.1. The van der Waals surface area contributed by atoms with Crippen molar-refractivity contribution in [1.82, 2.24) is 4.98 Å². The van der Waals surface area contributed by atoms with E-state index in [2.05, 4.69) is 4.98 Å². The highest BCUT2D eigenvalue weighted by molar-refractivity contribution is 6.18. The summed E-state index contributed by atoms with van der Waals surface area (Å²) in [6.45, 7) is 1.92. The van der Waals surface area contributed by atoms with Crippen LogP contribution in [0.1, 0.15) is 33.3 Å². The molecule has 134 valence electrons. The number of nitrogens with two attached hydrogens (primary N) is 1. The van der Waals surface area contributed by atoms with Crippen LogP contribution in [0.4, 0.5) is 5.69 Å². The topological polar surface area (TPSA) is 85.2 Å². The molecule has 0 radical (unpaired) electrons. The van der Waals surface area contributed by atoms with Crippen molar-refractivity contribution in [3.8, 4) is 11.3 Å². The molecule has 3 aromatic rings. The average molecular weight is 371 g/mol. The largest absolute Gasteiger partial charge is 0.461 e. The lowest BCUT2D eigenvalue weighted by Gasteiger charge is -2.05. The summed E-state index contributed by atoms with van der Waals surface area (Å²) >= 11 is 0. The maximum Gasteiger partial charge on any atom is 0.355 e. The van der Waals surface area contributed by atoms with Gasteiger partial charge in [0.25, 0.3) is 0 Å². The van der Waals surface area contributed by atoms with E-state index in [9.17, 15) is 9.59 Å². The van der Waals surface area contributed by atoms with Gasteiger partial charge in [-0.15, -0.1) is 12.4 Å². The Kier molecular flexibility index (Phi) is 6.20. The first-order valence-corrected chi connectivity index (χ1v) is 7.97. The minimum Gasteiger partial charge on any atom is -0.461 e. The molecule has 0 saturated carbocycles. The van der Waals surface area contributed by atoms with Gasteiger partial charge in [0.15, 0.2) is 5.78 Å². The van der Waals surface area contributed by atoms with Crippen LogP contribution in [0.2, 0.25) is 0 Å². The van der Waals surface area contributed by atoms with Crippen LogP contribution in [0.3, 0.4) is 0 Å². The fourth-order valence-electron chi connectivity index (χ4n) is 2.67. The number of carbonyl (C=O) groups is 2. The van der Waals surface area contributed by atoms with Gasteiger partial charge in [0.2, 0.25) is 0 Å². The van der Waals surface area contributed by atoms with Gasteiger partial charge < -0.3 is 15.5 Å². The summed E-state index contributed by atoms with van der Waals surface area (Å²) < 4.78 is 5.08. The number of rotatable bonds is 5. The summed E-state index contributed by atoms with van der Waals surface area (Å²) in [5, 5.41) is 0. The highest BCUT2D eigenvalue weighted by Gasteiger charge is 2.27. The van der Waals surface area contributed by atoms with Gasteiger partial charge in [-0.05, 0) is 6.92 Å². The van der Waals surface area contributed by atoms with Crippen molar-refractivity contribution < 1.29 is 14.3 Å². The molecular weight excluding hydrogens is 352 g/mol. The Bertz CT molecular complexity index is 906. The van der Waals surface area contributed by atoms with E-state index < -0.39 is 5.97 Å². The van der Waals surface area contributed by atoms with E-state index in [4.69, 9.17) is 10.5 Å². The number of ether oxygens (including phenoxy) is 1. The first-order valence-electron chi connectivity index (χ1n) is 7.97. The van der Waals surface area contributed by atoms with Gasteiger partial charge >= 0.3 is 5.97 Å². The third kappa shape index (κ3) is 3.63. The number of hydrogen-bond acceptors (Lipinski definition) is 4. The van der Waals surface area contributed by atoms with E-state index in [-0.39, 0.29) is 41.7 Å². The minimum absolute atomic E-state index is 0. The molecule has 0 aliphatic rings. The third-order valence-corrected chi connectivity index (χ3v) is 3.84. The van der Waals surface area contributed by atoms with Crippen LogP contribution < -0.4 is 5.73 Å². The molecule has 26 heavy (non-hydrogen) atoms. The molecule has 1 heterocycles. The van der Waals surface area contributed by atoms with Crippen LogP contribution in [-0.2, 0) is 4.74 Å². The predicted molar refractivity (Wildman–Crippen MR) is 104 cm³/mol. The Balaban J connectivity index is 0.00000243. The molecule has 3 rings (SSSR count). The highest BCUT2D eigenvalue weighted by atomic mass is 35.5. The summed E-state index contributed by atoms with van der Waals surface area (Å²) in [5.74, 6) is -0.921. The van der Waals surface area contributed by atoms with Crippen molar-refractivity contribution >= 4 is 29.8 Å². The molecule has 3 N–H and O–H groups in total. The van der Waals surface area contributed by atoms with Gasteiger partial charge in [0.05, 0.1) is 23.6 Å². The molecule has 0 aliphatic carbocycles. The van der Waals surface area contributed by atoms with E-state index in [0.29, 0.717) is 11.3 Å². The lowest BCUT2D eigenvalue weighted by molar-refractivity contribution is 0.0517. The summed E-state index contributed by atoms with van der Waals surface area (Å²) in [6, 6.07) is 18.0. The van der Waals surface area contributed by atoms with Crippen molar-refractivity contribution in [1.29, 1.82) is 0 Å². The molecule has 6 heteroatoms. The van der Waals surface area contributed by atoms with E-state index in [1.54, 1.807) is 31.2 Å². The third-order valence-electron chi connectivity index (χ3n) is 3.84. The van der Waals surface area contributed by atoms with E-state index in [0.717, 1.165) is 5.56 Å². The number of aromatic nitrogens is 1. The summed E-state index contributed by atoms with van der Waals surface area (Å²) in [6.07, 6.45) is 0. The monoisotopic (exact) mass is 370 g/mol. The summed E-state index contributed by atoms with van der Waals surface area (Å²) in [4.78, 5) is 28.3. The fraction of sp³-hybridized carbons (Fsp3) is 0.100. The molecule has 5 nitrogen and oxygen atoms in total. The zero-order valence-electron chi connectivity index (χ0n) is 14.2. The molecule has 0 bridgehead atoms. The van der Waals surface area contributed by atoms with Crippen LogP contribution in [0.25, 0.3) is 11.3 Å². The molecule has 0 spiro atoms. The maximum atomic E-state index is 12.9. The number of esters is 1. The molecule has 0 saturated heterocycles. The van der Waals surface area contributed by atoms with Crippen molar-refractivity contribution in [2.75, 3.05) is 12.3 Å². The number of benzene rings is 2. The van der Waals surface area contributed by atoms with Crippen molar-refractivity contribution in [2.45, 2.75) is 6.92 Å². The molecule has 2 aromatic carbocycles. The van der Waals surface area contributed by atoms with Crippen LogP contribution in [0.5, 0.6) is 0 Å². The normalized spacial score (nSPS) is 10.0. The van der Waals surface area contributed by atoms with Crippen LogP contribution in [0, 0.1) is 0 Å². The zero-order valence-corrected chi connectivity index (χ0v) is 15.0. The van der Waals surface area contributed by atoms with Gasteiger partial charge in [0.1, 0.15) is 5.69 Å². The Labute approximate surface area is 157 Å². The molecule has 1 aromatic heterocycles. The van der Waals surface area contributed by atoms with Gasteiger partial charge in [-0.3, -0.25) is 4.79 Å². The standard InChI is InChI=1S/C20H18N2O3.ClH/c1-2-25-20(24)18-15(19(23)14-11-7-4-8-12-14)16(21)17(22-18)13-9-5-3-6-10-13;/h3-12,22H,2,21H2,1H3;1H. The number of ketones is 1. The fourth-order valence-corrected chi connectivity index (χ4v) is 2.67. The number of H-pyrrole nitrogens is 1. The zero-order chi connectivity index (χ0) is 17.8. The summed E-state index contributed by atoms with van der Waals surface area (Å²) in [7, 11) is 0. The molecular formula is C20H19ClN2O3. The van der Waals surface area contributed by atoms with Crippen LogP contribution in [0.15, 0.2) is 60.7 Å². The molecule has 0 fully saturated rings. The Morgan fingerprint density at radius 1 is 1.00 bits per heavy atom. The SMILES string of the molecule is CCOC(=O)c1[nH]c(-c2ccccc2)c(N)c1C(=O)c1ccccc1.Cl. The average Bonchev–Trinajstić information content (AvgIpc) is 3.00. The molecule has 0 unspecified atom stereocenters. The van der Waals surface area contributed by atoms with E-state index in [1.165, 1.54) is 0 Å². The van der Waals surface area contributed by atoms with Crippen molar-refractivity contribution in [3.05, 3.63) is 77.5 Å². The second-order valence-electron chi connectivity index (χ2n) is 5.45. The first kappa shape index (κ1) is 19.3. The number of aromatic amines is 1. The Hall–Kier alpha value is -3.05. The lowest BCUT2D eigenvalue weighted by atomic mass is 10.0. The lowest BCUT2D eigenvalue weighted by Crippen LogP contribution is -2.13.